The standard InChI is InChI=1S/C17H22N2/c1-5-7-18-15-6-8-19-17(11-15)16-10-13(3)12(2)9-14(16)4/h6,8-11H,5,7H2,1-4H3,(H,18,19). The second kappa shape index (κ2) is 5.87. The summed E-state index contributed by atoms with van der Waals surface area (Å²) in [5.74, 6) is 0. The predicted octanol–water partition coefficient (Wildman–Crippen LogP) is 4.50. The Hall–Kier alpha value is -1.83. The number of benzene rings is 1. The van der Waals surface area contributed by atoms with Crippen LogP contribution in [-0.4, -0.2) is 11.5 Å². The van der Waals surface area contributed by atoms with Crippen LogP contribution in [0.25, 0.3) is 11.3 Å². The zero-order chi connectivity index (χ0) is 13.8. The van der Waals surface area contributed by atoms with E-state index in [1.807, 2.05) is 12.3 Å². The van der Waals surface area contributed by atoms with Gasteiger partial charge in [0.1, 0.15) is 0 Å². The van der Waals surface area contributed by atoms with E-state index in [4.69, 9.17) is 0 Å². The number of hydrogen-bond acceptors (Lipinski definition) is 2. The van der Waals surface area contributed by atoms with Gasteiger partial charge in [-0.3, -0.25) is 4.98 Å². The minimum atomic E-state index is 0.995. The third kappa shape index (κ3) is 3.14. The monoisotopic (exact) mass is 254 g/mol. The summed E-state index contributed by atoms with van der Waals surface area (Å²) >= 11 is 0. The molecule has 1 aromatic carbocycles. The zero-order valence-corrected chi connectivity index (χ0v) is 12.2. The fourth-order valence-corrected chi connectivity index (χ4v) is 2.19. The van der Waals surface area contributed by atoms with Crippen molar-refractivity contribution in [1.82, 2.24) is 4.98 Å². The molecular weight excluding hydrogens is 232 g/mol. The van der Waals surface area contributed by atoms with Crippen LogP contribution in [0.4, 0.5) is 5.69 Å². The van der Waals surface area contributed by atoms with Gasteiger partial charge in [0.25, 0.3) is 0 Å². The molecule has 1 heterocycles. The maximum absolute atomic E-state index is 4.51. The van der Waals surface area contributed by atoms with Crippen molar-refractivity contribution in [2.75, 3.05) is 11.9 Å². The first kappa shape index (κ1) is 13.6. The number of aryl methyl sites for hydroxylation is 3. The van der Waals surface area contributed by atoms with Gasteiger partial charge in [-0.2, -0.15) is 0 Å². The zero-order valence-electron chi connectivity index (χ0n) is 12.2. The van der Waals surface area contributed by atoms with E-state index in [1.54, 1.807) is 0 Å². The lowest BCUT2D eigenvalue weighted by Gasteiger charge is -2.11. The van der Waals surface area contributed by atoms with Crippen LogP contribution in [0.3, 0.4) is 0 Å². The summed E-state index contributed by atoms with van der Waals surface area (Å²) in [6, 6.07) is 8.62. The number of rotatable bonds is 4. The van der Waals surface area contributed by atoms with Crippen molar-refractivity contribution in [3.05, 3.63) is 47.2 Å². The van der Waals surface area contributed by atoms with Crippen LogP contribution in [0.5, 0.6) is 0 Å². The number of pyridine rings is 1. The maximum Gasteiger partial charge on any atom is 0.0725 e. The normalized spacial score (nSPS) is 10.5. The van der Waals surface area contributed by atoms with Crippen molar-refractivity contribution in [1.29, 1.82) is 0 Å². The van der Waals surface area contributed by atoms with Crippen LogP contribution in [-0.2, 0) is 0 Å². The van der Waals surface area contributed by atoms with E-state index in [-0.39, 0.29) is 0 Å². The van der Waals surface area contributed by atoms with Crippen LogP contribution in [0.15, 0.2) is 30.5 Å². The molecule has 0 radical (unpaired) electrons. The van der Waals surface area contributed by atoms with Gasteiger partial charge in [0.2, 0.25) is 0 Å². The number of hydrogen-bond donors (Lipinski definition) is 1. The molecule has 0 amide bonds. The Bertz CT molecular complexity index is 573. The Morgan fingerprint density at radius 2 is 1.74 bits per heavy atom. The van der Waals surface area contributed by atoms with Gasteiger partial charge in [0.15, 0.2) is 0 Å². The van der Waals surface area contributed by atoms with Crippen LogP contribution >= 0.6 is 0 Å². The van der Waals surface area contributed by atoms with Crippen molar-refractivity contribution in [2.24, 2.45) is 0 Å². The lowest BCUT2D eigenvalue weighted by molar-refractivity contribution is 0.979. The number of anilines is 1. The van der Waals surface area contributed by atoms with E-state index in [2.05, 4.69) is 56.2 Å². The Labute approximate surface area is 115 Å². The molecule has 0 fully saturated rings. The molecule has 0 aliphatic carbocycles. The van der Waals surface area contributed by atoms with Crippen molar-refractivity contribution in [2.45, 2.75) is 34.1 Å². The van der Waals surface area contributed by atoms with Gasteiger partial charge in [-0.15, -0.1) is 0 Å². The smallest absolute Gasteiger partial charge is 0.0725 e. The lowest BCUT2D eigenvalue weighted by Crippen LogP contribution is -2.00. The third-order valence-electron chi connectivity index (χ3n) is 3.46. The number of aromatic nitrogens is 1. The first-order chi connectivity index (χ1) is 9.11. The molecule has 0 bridgehead atoms. The fraction of sp³-hybridized carbons (Fsp3) is 0.353. The van der Waals surface area contributed by atoms with E-state index >= 15 is 0 Å². The second-order valence-corrected chi connectivity index (χ2v) is 5.11. The Balaban J connectivity index is 2.38. The molecule has 100 valence electrons. The Morgan fingerprint density at radius 1 is 1.00 bits per heavy atom. The highest BCUT2D eigenvalue weighted by atomic mass is 14.9. The van der Waals surface area contributed by atoms with Gasteiger partial charge in [-0.05, 0) is 62.1 Å². The van der Waals surface area contributed by atoms with Crippen LogP contribution in [0.1, 0.15) is 30.0 Å². The molecule has 0 unspecified atom stereocenters. The molecule has 0 saturated heterocycles. The average Bonchev–Trinajstić information content (AvgIpc) is 2.41. The average molecular weight is 254 g/mol. The molecule has 2 aromatic rings. The molecule has 1 aromatic heterocycles. The first-order valence-corrected chi connectivity index (χ1v) is 6.90. The summed E-state index contributed by atoms with van der Waals surface area (Å²) < 4.78 is 0. The predicted molar refractivity (Wildman–Crippen MR) is 82.7 cm³/mol. The molecule has 0 aliphatic heterocycles. The van der Waals surface area contributed by atoms with E-state index < -0.39 is 0 Å². The van der Waals surface area contributed by atoms with Crippen LogP contribution < -0.4 is 5.32 Å². The highest BCUT2D eigenvalue weighted by Crippen LogP contribution is 2.26. The number of nitrogens with one attached hydrogen (secondary N) is 1. The minimum absolute atomic E-state index is 0.995. The molecule has 2 rings (SSSR count). The fourth-order valence-electron chi connectivity index (χ4n) is 2.19. The van der Waals surface area contributed by atoms with E-state index in [9.17, 15) is 0 Å². The summed E-state index contributed by atoms with van der Waals surface area (Å²) in [6.07, 6.45) is 3.00. The lowest BCUT2D eigenvalue weighted by atomic mass is 9.98. The van der Waals surface area contributed by atoms with Gasteiger partial charge >= 0.3 is 0 Å². The van der Waals surface area contributed by atoms with Gasteiger partial charge in [-0.1, -0.05) is 13.0 Å². The molecule has 2 heteroatoms. The third-order valence-corrected chi connectivity index (χ3v) is 3.46. The minimum Gasteiger partial charge on any atom is -0.385 e. The highest BCUT2D eigenvalue weighted by molar-refractivity contribution is 5.68. The van der Waals surface area contributed by atoms with E-state index in [1.165, 1.54) is 22.3 Å². The van der Waals surface area contributed by atoms with E-state index in [0.717, 1.165) is 24.3 Å². The molecule has 0 atom stereocenters. The molecule has 2 nitrogen and oxygen atoms in total. The Kier molecular flexibility index (Phi) is 4.20. The van der Waals surface area contributed by atoms with Gasteiger partial charge in [0.05, 0.1) is 5.69 Å². The van der Waals surface area contributed by atoms with Gasteiger partial charge in [-0.25, -0.2) is 0 Å². The van der Waals surface area contributed by atoms with Crippen LogP contribution in [0.2, 0.25) is 0 Å². The summed E-state index contributed by atoms with van der Waals surface area (Å²) in [7, 11) is 0. The molecule has 0 spiro atoms. The Morgan fingerprint density at radius 3 is 2.47 bits per heavy atom. The summed E-state index contributed by atoms with van der Waals surface area (Å²) in [6.45, 7) is 9.61. The van der Waals surface area contributed by atoms with Gasteiger partial charge in [0, 0.05) is 24.0 Å². The largest absolute Gasteiger partial charge is 0.385 e. The van der Waals surface area contributed by atoms with Crippen LogP contribution in [0, 0.1) is 20.8 Å². The molecule has 0 aliphatic rings. The summed E-state index contributed by atoms with van der Waals surface area (Å²) in [4.78, 5) is 4.51. The van der Waals surface area contributed by atoms with Gasteiger partial charge < -0.3 is 5.32 Å². The van der Waals surface area contributed by atoms with Crippen molar-refractivity contribution in [3.63, 3.8) is 0 Å². The summed E-state index contributed by atoms with van der Waals surface area (Å²) in [5, 5.41) is 3.41. The molecule has 19 heavy (non-hydrogen) atoms. The SMILES string of the molecule is CCCNc1ccnc(-c2cc(C)c(C)cc2C)c1. The van der Waals surface area contributed by atoms with E-state index in [0.29, 0.717) is 0 Å². The molecular formula is C17H22N2. The second-order valence-electron chi connectivity index (χ2n) is 5.11. The van der Waals surface area contributed by atoms with Crippen molar-refractivity contribution < 1.29 is 0 Å². The quantitative estimate of drug-likeness (QED) is 0.869. The summed E-state index contributed by atoms with van der Waals surface area (Å²) in [5.41, 5.74) is 7.34. The molecule has 1 N–H and O–H groups in total. The topological polar surface area (TPSA) is 24.9 Å². The highest BCUT2D eigenvalue weighted by Gasteiger charge is 2.06. The first-order valence-electron chi connectivity index (χ1n) is 6.90. The van der Waals surface area contributed by atoms with Crippen molar-refractivity contribution >= 4 is 5.69 Å². The number of nitrogens with zero attached hydrogens (tertiary/aromatic N) is 1. The molecule has 0 saturated carbocycles. The maximum atomic E-state index is 4.51. The van der Waals surface area contributed by atoms with Crippen molar-refractivity contribution in [3.8, 4) is 11.3 Å².